The Bertz CT molecular complexity index is 406. The molecule has 6 nitrogen and oxygen atoms in total. The number of hydrogen-bond donors (Lipinski definition) is 1. The average molecular weight is 283 g/mol. The van der Waals surface area contributed by atoms with Crippen molar-refractivity contribution in [1.29, 1.82) is 0 Å². The molecule has 0 saturated heterocycles. The van der Waals surface area contributed by atoms with Gasteiger partial charge in [0.2, 0.25) is 5.82 Å². The lowest BCUT2D eigenvalue weighted by molar-refractivity contribution is -0.0891. The van der Waals surface area contributed by atoms with Crippen molar-refractivity contribution < 1.29 is 14.0 Å². The third kappa shape index (κ3) is 3.49. The van der Waals surface area contributed by atoms with E-state index in [0.29, 0.717) is 37.5 Å². The molecule has 0 bridgehead atoms. The number of aromatic nitrogens is 2. The number of ether oxygens (including phenoxy) is 2. The lowest BCUT2D eigenvalue weighted by Gasteiger charge is -2.37. The summed E-state index contributed by atoms with van der Waals surface area (Å²) in [6, 6.07) is 0.439. The Kier molecular flexibility index (Phi) is 5.37. The molecule has 114 valence electrons. The predicted octanol–water partition coefficient (Wildman–Crippen LogP) is 2.57. The van der Waals surface area contributed by atoms with Crippen LogP contribution in [0, 0.1) is 5.92 Å². The number of hydrogen-bond acceptors (Lipinski definition) is 6. The van der Waals surface area contributed by atoms with Crippen molar-refractivity contribution in [3.05, 3.63) is 5.82 Å². The summed E-state index contributed by atoms with van der Waals surface area (Å²) in [6.45, 7) is 6.18. The first-order valence-corrected chi connectivity index (χ1v) is 7.41. The Balaban J connectivity index is 2.09. The summed E-state index contributed by atoms with van der Waals surface area (Å²) in [5.41, 5.74) is -0.378. The molecule has 1 aromatic rings. The van der Waals surface area contributed by atoms with E-state index in [-0.39, 0.29) is 5.60 Å². The maximum Gasteiger partial charge on any atom is 0.321 e. The van der Waals surface area contributed by atoms with Gasteiger partial charge < -0.3 is 19.3 Å². The minimum Gasteiger partial charge on any atom is -0.383 e. The van der Waals surface area contributed by atoms with Crippen molar-refractivity contribution in [1.82, 2.24) is 10.1 Å². The highest BCUT2D eigenvalue weighted by atomic mass is 16.5. The molecule has 1 saturated carbocycles. The fraction of sp³-hybridized carbons (Fsp3) is 0.857. The molecular weight excluding hydrogens is 258 g/mol. The monoisotopic (exact) mass is 283 g/mol. The second-order valence-corrected chi connectivity index (χ2v) is 5.47. The van der Waals surface area contributed by atoms with E-state index in [1.54, 1.807) is 7.11 Å². The molecule has 1 aliphatic rings. The van der Waals surface area contributed by atoms with Gasteiger partial charge in [-0.3, -0.25) is 0 Å². The van der Waals surface area contributed by atoms with Crippen LogP contribution >= 0.6 is 0 Å². The number of anilines is 1. The third-order valence-electron chi connectivity index (χ3n) is 3.79. The van der Waals surface area contributed by atoms with Crippen molar-refractivity contribution in [3.63, 3.8) is 0 Å². The number of rotatable bonds is 7. The normalized spacial score (nSPS) is 26.6. The number of nitrogens with one attached hydrogen (secondary N) is 1. The summed E-state index contributed by atoms with van der Waals surface area (Å²) in [5, 5.41) is 7.18. The highest BCUT2D eigenvalue weighted by molar-refractivity contribution is 5.20. The van der Waals surface area contributed by atoms with Gasteiger partial charge in [0.05, 0.1) is 6.61 Å². The van der Waals surface area contributed by atoms with Crippen LogP contribution in [0.15, 0.2) is 4.52 Å². The van der Waals surface area contributed by atoms with Gasteiger partial charge in [-0.25, -0.2) is 0 Å². The van der Waals surface area contributed by atoms with Crippen molar-refractivity contribution >= 4 is 6.01 Å². The molecule has 0 aromatic carbocycles. The molecule has 1 aliphatic carbocycles. The zero-order valence-corrected chi connectivity index (χ0v) is 12.6. The molecule has 0 spiro atoms. The van der Waals surface area contributed by atoms with Gasteiger partial charge in [0.15, 0.2) is 0 Å². The summed E-state index contributed by atoms with van der Waals surface area (Å²) in [6.07, 6.45) is 4.30. The molecule has 2 rings (SSSR count). The Morgan fingerprint density at radius 3 is 3.05 bits per heavy atom. The first kappa shape index (κ1) is 15.3. The van der Waals surface area contributed by atoms with Gasteiger partial charge in [-0.2, -0.15) is 4.98 Å². The largest absolute Gasteiger partial charge is 0.383 e. The summed E-state index contributed by atoms with van der Waals surface area (Å²) in [4.78, 5) is 4.46. The van der Waals surface area contributed by atoms with Gasteiger partial charge in [-0.05, 0) is 32.1 Å². The first-order chi connectivity index (χ1) is 9.70. The van der Waals surface area contributed by atoms with E-state index in [2.05, 4.69) is 22.4 Å². The van der Waals surface area contributed by atoms with E-state index in [1.807, 2.05) is 6.92 Å². The van der Waals surface area contributed by atoms with Crippen LogP contribution in [-0.2, 0) is 15.1 Å². The maximum atomic E-state index is 6.03. The van der Waals surface area contributed by atoms with Crippen molar-refractivity contribution in [2.45, 2.75) is 45.1 Å². The smallest absolute Gasteiger partial charge is 0.321 e. The summed E-state index contributed by atoms with van der Waals surface area (Å²) < 4.78 is 16.3. The Hall–Kier alpha value is -1.14. The lowest BCUT2D eigenvalue weighted by Crippen LogP contribution is -2.36. The molecule has 1 fully saturated rings. The molecule has 1 heterocycles. The van der Waals surface area contributed by atoms with Crippen molar-refractivity contribution in [2.24, 2.45) is 5.92 Å². The maximum absolute atomic E-state index is 6.03. The molecule has 1 N–H and O–H groups in total. The SMILES string of the molecule is CCOC1(c2noc(NCCOC)n2)CCCC(C)C1. The molecule has 0 radical (unpaired) electrons. The van der Waals surface area contributed by atoms with Crippen LogP contribution < -0.4 is 5.32 Å². The standard InChI is InChI=1S/C14H25N3O3/c1-4-19-14(7-5-6-11(2)10-14)12-16-13(20-17-12)15-8-9-18-3/h11H,4-10H2,1-3H3,(H,15,16,17). The van der Waals surface area contributed by atoms with Crippen LogP contribution in [0.2, 0.25) is 0 Å². The fourth-order valence-electron chi connectivity index (χ4n) is 2.92. The molecule has 0 amide bonds. The van der Waals surface area contributed by atoms with Crippen molar-refractivity contribution in [2.75, 3.05) is 32.2 Å². The zero-order chi connectivity index (χ0) is 14.4. The van der Waals surface area contributed by atoms with Crippen LogP contribution in [-0.4, -0.2) is 37.0 Å². The number of methoxy groups -OCH3 is 1. The van der Waals surface area contributed by atoms with E-state index >= 15 is 0 Å². The molecule has 2 unspecified atom stereocenters. The Morgan fingerprint density at radius 1 is 1.50 bits per heavy atom. The molecule has 6 heteroatoms. The lowest BCUT2D eigenvalue weighted by atomic mass is 9.78. The van der Waals surface area contributed by atoms with Crippen LogP contribution in [0.4, 0.5) is 6.01 Å². The van der Waals surface area contributed by atoms with Crippen LogP contribution in [0.1, 0.15) is 45.4 Å². The van der Waals surface area contributed by atoms with Gasteiger partial charge in [-0.15, -0.1) is 0 Å². The average Bonchev–Trinajstić information content (AvgIpc) is 2.89. The van der Waals surface area contributed by atoms with E-state index in [1.165, 1.54) is 6.42 Å². The summed E-state index contributed by atoms with van der Waals surface area (Å²) in [7, 11) is 1.66. The van der Waals surface area contributed by atoms with Gasteiger partial charge in [0, 0.05) is 20.3 Å². The fourth-order valence-corrected chi connectivity index (χ4v) is 2.92. The van der Waals surface area contributed by atoms with Crippen LogP contribution in [0.25, 0.3) is 0 Å². The minimum atomic E-state index is -0.378. The second-order valence-electron chi connectivity index (χ2n) is 5.47. The first-order valence-electron chi connectivity index (χ1n) is 7.41. The van der Waals surface area contributed by atoms with E-state index in [4.69, 9.17) is 14.0 Å². The molecule has 2 atom stereocenters. The quantitative estimate of drug-likeness (QED) is 0.776. The van der Waals surface area contributed by atoms with Crippen LogP contribution in [0.3, 0.4) is 0 Å². The Labute approximate surface area is 120 Å². The highest BCUT2D eigenvalue weighted by Crippen LogP contribution is 2.41. The summed E-state index contributed by atoms with van der Waals surface area (Å²) >= 11 is 0. The summed E-state index contributed by atoms with van der Waals surface area (Å²) in [5.74, 6) is 1.30. The Morgan fingerprint density at radius 2 is 2.35 bits per heavy atom. The van der Waals surface area contributed by atoms with Gasteiger partial charge in [0.1, 0.15) is 5.60 Å². The van der Waals surface area contributed by atoms with Crippen LogP contribution in [0.5, 0.6) is 0 Å². The van der Waals surface area contributed by atoms with Gasteiger partial charge in [0.25, 0.3) is 0 Å². The molecular formula is C14H25N3O3. The van der Waals surface area contributed by atoms with E-state index in [9.17, 15) is 0 Å². The van der Waals surface area contributed by atoms with Gasteiger partial charge >= 0.3 is 6.01 Å². The van der Waals surface area contributed by atoms with Crippen molar-refractivity contribution in [3.8, 4) is 0 Å². The highest BCUT2D eigenvalue weighted by Gasteiger charge is 2.41. The predicted molar refractivity (Wildman–Crippen MR) is 75.6 cm³/mol. The number of nitrogens with zero attached hydrogens (tertiary/aromatic N) is 2. The van der Waals surface area contributed by atoms with E-state index in [0.717, 1.165) is 19.3 Å². The zero-order valence-electron chi connectivity index (χ0n) is 12.6. The van der Waals surface area contributed by atoms with E-state index < -0.39 is 0 Å². The third-order valence-corrected chi connectivity index (χ3v) is 3.79. The van der Waals surface area contributed by atoms with Gasteiger partial charge in [-0.1, -0.05) is 18.5 Å². The topological polar surface area (TPSA) is 69.4 Å². The molecule has 20 heavy (non-hydrogen) atoms. The molecule has 0 aliphatic heterocycles. The second kappa shape index (κ2) is 7.04. The minimum absolute atomic E-state index is 0.378. The molecule has 1 aromatic heterocycles.